The highest BCUT2D eigenvalue weighted by Crippen LogP contribution is 2.24. The molecule has 2 heterocycles. The van der Waals surface area contributed by atoms with Gasteiger partial charge >= 0.3 is 0 Å². The quantitative estimate of drug-likeness (QED) is 0.880. The number of rotatable bonds is 4. The molecule has 23 heavy (non-hydrogen) atoms. The Kier molecular flexibility index (Phi) is 4.23. The maximum Gasteiger partial charge on any atom is 0.247 e. The van der Waals surface area contributed by atoms with Gasteiger partial charge in [0.05, 0.1) is 6.20 Å². The minimum Gasteiger partial charge on any atom is -0.444 e. The number of likely N-dealkylation sites (tertiary alicyclic amines) is 1. The Hall–Kier alpha value is -2.89. The maximum atomic E-state index is 12.5. The highest BCUT2D eigenvalue weighted by molar-refractivity contribution is 5.99. The second-order valence-electron chi connectivity index (χ2n) is 5.33. The van der Waals surface area contributed by atoms with Gasteiger partial charge in [-0.05, 0) is 31.1 Å². The zero-order valence-electron chi connectivity index (χ0n) is 12.6. The number of oxazole rings is 1. The molecule has 3 rings (SSSR count). The normalized spacial score (nSPS) is 17.0. The summed E-state index contributed by atoms with van der Waals surface area (Å²) in [5.41, 5.74) is 1.48. The third-order valence-electron chi connectivity index (χ3n) is 3.86. The Morgan fingerprint density at radius 2 is 2.30 bits per heavy atom. The van der Waals surface area contributed by atoms with E-state index in [9.17, 15) is 9.59 Å². The first-order chi connectivity index (χ1) is 11.2. The number of carbonyl (C=O) groups is 2. The summed E-state index contributed by atoms with van der Waals surface area (Å²) in [4.78, 5) is 29.7. The lowest BCUT2D eigenvalue weighted by atomic mass is 10.1. The van der Waals surface area contributed by atoms with Crippen molar-refractivity contribution >= 4 is 17.5 Å². The van der Waals surface area contributed by atoms with Crippen LogP contribution in [-0.2, 0) is 9.59 Å². The highest BCUT2D eigenvalue weighted by atomic mass is 16.3. The van der Waals surface area contributed by atoms with Crippen molar-refractivity contribution in [3.63, 3.8) is 0 Å². The van der Waals surface area contributed by atoms with Crippen molar-refractivity contribution in [2.75, 3.05) is 11.9 Å². The molecule has 1 aromatic heterocycles. The number of hydrogen-bond donors (Lipinski definition) is 1. The fourth-order valence-electron chi connectivity index (χ4n) is 2.75. The van der Waals surface area contributed by atoms with Gasteiger partial charge < -0.3 is 14.6 Å². The first-order valence-electron chi connectivity index (χ1n) is 7.42. The van der Waals surface area contributed by atoms with Gasteiger partial charge in [-0.3, -0.25) is 9.59 Å². The Balaban J connectivity index is 1.74. The van der Waals surface area contributed by atoms with Crippen LogP contribution < -0.4 is 5.32 Å². The largest absolute Gasteiger partial charge is 0.444 e. The molecule has 0 aliphatic carbocycles. The standard InChI is InChI=1S/C17H17N3O3/c1-2-16(21)20-8-4-7-14(20)17(22)19-13-6-3-5-12(9-13)15-10-18-11-23-15/h2-3,5-6,9-11,14H,1,4,7-8H2,(H,19,22). The molecule has 6 nitrogen and oxygen atoms in total. The van der Waals surface area contributed by atoms with E-state index in [2.05, 4.69) is 16.9 Å². The second-order valence-corrected chi connectivity index (χ2v) is 5.33. The lowest BCUT2D eigenvalue weighted by Crippen LogP contribution is -2.42. The number of nitrogens with one attached hydrogen (secondary N) is 1. The van der Waals surface area contributed by atoms with Crippen molar-refractivity contribution in [1.82, 2.24) is 9.88 Å². The van der Waals surface area contributed by atoms with E-state index >= 15 is 0 Å². The lowest BCUT2D eigenvalue weighted by Gasteiger charge is -2.22. The number of nitrogens with zero attached hydrogens (tertiary/aromatic N) is 2. The Labute approximate surface area is 133 Å². The van der Waals surface area contributed by atoms with Gasteiger partial charge in [-0.25, -0.2) is 4.98 Å². The molecule has 1 fully saturated rings. The molecule has 0 saturated carbocycles. The SMILES string of the molecule is C=CC(=O)N1CCCC1C(=O)Nc1cccc(-c2cnco2)c1. The molecule has 1 aromatic carbocycles. The van der Waals surface area contributed by atoms with Crippen LogP contribution in [0.4, 0.5) is 5.69 Å². The molecule has 1 aliphatic heterocycles. The topological polar surface area (TPSA) is 75.4 Å². The van der Waals surface area contributed by atoms with E-state index in [1.807, 2.05) is 18.2 Å². The zero-order chi connectivity index (χ0) is 16.2. The van der Waals surface area contributed by atoms with Gasteiger partial charge in [-0.2, -0.15) is 0 Å². The first kappa shape index (κ1) is 15.0. The average molecular weight is 311 g/mol. The summed E-state index contributed by atoms with van der Waals surface area (Å²) in [5, 5.41) is 2.87. The molecule has 1 aliphatic rings. The molecule has 1 unspecified atom stereocenters. The van der Waals surface area contributed by atoms with Crippen LogP contribution in [-0.4, -0.2) is 34.3 Å². The molecular formula is C17H17N3O3. The van der Waals surface area contributed by atoms with E-state index < -0.39 is 6.04 Å². The molecule has 1 atom stereocenters. The summed E-state index contributed by atoms with van der Waals surface area (Å²) in [6.45, 7) is 4.07. The summed E-state index contributed by atoms with van der Waals surface area (Å²) in [5.74, 6) is 0.232. The van der Waals surface area contributed by atoms with Crippen molar-refractivity contribution < 1.29 is 14.0 Å². The Bertz CT molecular complexity index is 724. The van der Waals surface area contributed by atoms with Gasteiger partial charge in [-0.15, -0.1) is 0 Å². The fraction of sp³-hybridized carbons (Fsp3) is 0.235. The molecule has 6 heteroatoms. The molecular weight excluding hydrogens is 294 g/mol. The van der Waals surface area contributed by atoms with E-state index in [-0.39, 0.29) is 11.8 Å². The van der Waals surface area contributed by atoms with Gasteiger partial charge in [0.1, 0.15) is 6.04 Å². The van der Waals surface area contributed by atoms with Crippen LogP contribution >= 0.6 is 0 Å². The van der Waals surface area contributed by atoms with Crippen LogP contribution in [0.1, 0.15) is 12.8 Å². The van der Waals surface area contributed by atoms with Crippen molar-refractivity contribution in [2.45, 2.75) is 18.9 Å². The molecule has 2 amide bonds. The molecule has 0 radical (unpaired) electrons. The van der Waals surface area contributed by atoms with Crippen molar-refractivity contribution in [2.24, 2.45) is 0 Å². The van der Waals surface area contributed by atoms with Crippen molar-refractivity contribution in [3.8, 4) is 11.3 Å². The van der Waals surface area contributed by atoms with Gasteiger partial charge in [0, 0.05) is 17.8 Å². The van der Waals surface area contributed by atoms with Crippen molar-refractivity contribution in [3.05, 3.63) is 49.5 Å². The van der Waals surface area contributed by atoms with Crippen LogP contribution in [0.2, 0.25) is 0 Å². The second kappa shape index (κ2) is 6.48. The van der Waals surface area contributed by atoms with Gasteiger partial charge in [0.15, 0.2) is 12.2 Å². The molecule has 0 spiro atoms. The number of carbonyl (C=O) groups excluding carboxylic acids is 2. The van der Waals surface area contributed by atoms with Crippen LogP contribution in [0.15, 0.2) is 53.9 Å². The van der Waals surface area contributed by atoms with Crippen LogP contribution in [0, 0.1) is 0 Å². The third kappa shape index (κ3) is 3.15. The minimum absolute atomic E-state index is 0.188. The predicted octanol–water partition coefficient (Wildman–Crippen LogP) is 2.46. The lowest BCUT2D eigenvalue weighted by molar-refractivity contribution is -0.132. The Morgan fingerprint density at radius 1 is 1.43 bits per heavy atom. The van der Waals surface area contributed by atoms with Crippen LogP contribution in [0.5, 0.6) is 0 Å². The molecule has 118 valence electrons. The van der Waals surface area contributed by atoms with E-state index in [1.165, 1.54) is 12.5 Å². The smallest absolute Gasteiger partial charge is 0.247 e. The van der Waals surface area contributed by atoms with Crippen LogP contribution in [0.25, 0.3) is 11.3 Å². The first-order valence-corrected chi connectivity index (χ1v) is 7.42. The fourth-order valence-corrected chi connectivity index (χ4v) is 2.75. The molecule has 1 N–H and O–H groups in total. The van der Waals surface area contributed by atoms with E-state index in [0.717, 1.165) is 12.0 Å². The number of hydrogen-bond acceptors (Lipinski definition) is 4. The van der Waals surface area contributed by atoms with E-state index in [4.69, 9.17) is 4.42 Å². The maximum absolute atomic E-state index is 12.5. The summed E-state index contributed by atoms with van der Waals surface area (Å²) in [7, 11) is 0. The summed E-state index contributed by atoms with van der Waals surface area (Å²) < 4.78 is 5.25. The third-order valence-corrected chi connectivity index (χ3v) is 3.86. The number of amides is 2. The van der Waals surface area contributed by atoms with Gasteiger partial charge in [0.2, 0.25) is 11.8 Å². The summed E-state index contributed by atoms with van der Waals surface area (Å²) in [6.07, 6.45) is 5.69. The molecule has 2 aromatic rings. The van der Waals surface area contributed by atoms with Crippen LogP contribution in [0.3, 0.4) is 0 Å². The van der Waals surface area contributed by atoms with E-state index in [1.54, 1.807) is 17.2 Å². The predicted molar refractivity (Wildman–Crippen MR) is 85.5 cm³/mol. The zero-order valence-corrected chi connectivity index (χ0v) is 12.6. The average Bonchev–Trinajstić information content (AvgIpc) is 3.25. The number of anilines is 1. The number of aromatic nitrogens is 1. The van der Waals surface area contributed by atoms with Gasteiger partial charge in [-0.1, -0.05) is 18.7 Å². The van der Waals surface area contributed by atoms with Gasteiger partial charge in [0.25, 0.3) is 0 Å². The number of benzene rings is 1. The molecule has 0 bridgehead atoms. The Morgan fingerprint density at radius 3 is 3.04 bits per heavy atom. The van der Waals surface area contributed by atoms with E-state index in [0.29, 0.717) is 24.4 Å². The minimum atomic E-state index is -0.450. The van der Waals surface area contributed by atoms with Crippen molar-refractivity contribution in [1.29, 1.82) is 0 Å². The summed E-state index contributed by atoms with van der Waals surface area (Å²) in [6, 6.07) is 6.86. The highest BCUT2D eigenvalue weighted by Gasteiger charge is 2.32. The summed E-state index contributed by atoms with van der Waals surface area (Å²) >= 11 is 0. The molecule has 1 saturated heterocycles. The monoisotopic (exact) mass is 311 g/mol.